The normalized spacial score (nSPS) is 16.7. The van der Waals surface area contributed by atoms with E-state index in [-0.39, 0.29) is 30.0 Å². The van der Waals surface area contributed by atoms with Crippen LogP contribution in [-0.4, -0.2) is 34.3 Å². The number of carbonyl (C=O) groups excluding carboxylic acids is 1. The quantitative estimate of drug-likeness (QED) is 0.529. The van der Waals surface area contributed by atoms with Gasteiger partial charge in [0, 0.05) is 17.5 Å². The maximum atomic E-state index is 12.5. The third-order valence-corrected chi connectivity index (χ3v) is 5.05. The number of aromatic hydroxyl groups is 1. The number of rotatable bonds is 3. The number of hydrogen-bond donors (Lipinski definition) is 4. The number of aromatic amines is 1. The van der Waals surface area contributed by atoms with Crippen LogP contribution in [0.5, 0.6) is 5.75 Å². The number of benzene rings is 2. The number of nitrogens with zero attached hydrogens (tertiary/aromatic N) is 1. The average molecular weight is 407 g/mol. The van der Waals surface area contributed by atoms with Crippen molar-refractivity contribution in [3.8, 4) is 16.9 Å². The first-order chi connectivity index (χ1) is 12.6. The molecule has 3 aromatic rings. The lowest BCUT2D eigenvalue weighted by Crippen LogP contribution is -2.37. The molecular formula is C19H20Cl2N4O2. The lowest BCUT2D eigenvalue weighted by Gasteiger charge is -2.21. The van der Waals surface area contributed by atoms with E-state index in [1.54, 1.807) is 12.1 Å². The van der Waals surface area contributed by atoms with E-state index in [1.165, 1.54) is 6.07 Å². The number of anilines is 1. The van der Waals surface area contributed by atoms with Crippen LogP contribution in [0.2, 0.25) is 5.02 Å². The molecule has 1 aliphatic rings. The largest absolute Gasteiger partial charge is 0.508 e. The van der Waals surface area contributed by atoms with E-state index < -0.39 is 0 Å². The van der Waals surface area contributed by atoms with Gasteiger partial charge in [0.25, 0.3) is 0 Å². The van der Waals surface area contributed by atoms with Crippen LogP contribution in [0.1, 0.15) is 12.8 Å². The van der Waals surface area contributed by atoms with Gasteiger partial charge >= 0.3 is 0 Å². The molecule has 1 unspecified atom stereocenters. The summed E-state index contributed by atoms with van der Waals surface area (Å²) in [5.41, 5.74) is 2.53. The monoisotopic (exact) mass is 406 g/mol. The van der Waals surface area contributed by atoms with Crippen molar-refractivity contribution in [3.63, 3.8) is 0 Å². The molecule has 0 bridgehead atoms. The van der Waals surface area contributed by atoms with E-state index >= 15 is 0 Å². The molecule has 2 heterocycles. The number of phenols is 1. The molecule has 1 aromatic heterocycles. The Balaban J connectivity index is 0.00000210. The van der Waals surface area contributed by atoms with Gasteiger partial charge in [-0.3, -0.25) is 9.89 Å². The fraction of sp³-hybridized carbons (Fsp3) is 0.263. The second-order valence-electron chi connectivity index (χ2n) is 6.53. The van der Waals surface area contributed by atoms with Crippen LogP contribution in [0, 0.1) is 5.92 Å². The Morgan fingerprint density at radius 1 is 1.26 bits per heavy atom. The summed E-state index contributed by atoms with van der Waals surface area (Å²) in [5, 5.41) is 24.2. The zero-order chi connectivity index (χ0) is 18.1. The molecule has 2 aromatic carbocycles. The van der Waals surface area contributed by atoms with Gasteiger partial charge in [0.15, 0.2) is 5.82 Å². The SMILES string of the molecule is Cl.O=C(Nc1n[nH]c2ccc(-c3ccc(O)cc3Cl)cc12)C1CCCNC1. The Hall–Kier alpha value is -2.28. The lowest BCUT2D eigenvalue weighted by atomic mass is 9.99. The van der Waals surface area contributed by atoms with E-state index in [4.69, 9.17) is 11.6 Å². The molecule has 1 saturated heterocycles. The molecule has 0 aliphatic carbocycles. The van der Waals surface area contributed by atoms with Crippen LogP contribution in [0.3, 0.4) is 0 Å². The fourth-order valence-electron chi connectivity index (χ4n) is 3.31. The van der Waals surface area contributed by atoms with Gasteiger partial charge in [0.2, 0.25) is 5.91 Å². The van der Waals surface area contributed by atoms with Gasteiger partial charge in [0.1, 0.15) is 5.75 Å². The molecule has 27 heavy (non-hydrogen) atoms. The number of aromatic nitrogens is 2. The Morgan fingerprint density at radius 2 is 2.11 bits per heavy atom. The van der Waals surface area contributed by atoms with Crippen LogP contribution in [-0.2, 0) is 4.79 Å². The van der Waals surface area contributed by atoms with Crippen molar-refractivity contribution in [2.75, 3.05) is 18.4 Å². The summed E-state index contributed by atoms with van der Waals surface area (Å²) in [5.74, 6) is 0.591. The van der Waals surface area contributed by atoms with E-state index in [1.807, 2.05) is 18.2 Å². The molecule has 6 nitrogen and oxygen atoms in total. The van der Waals surface area contributed by atoms with Gasteiger partial charge in [-0.2, -0.15) is 5.10 Å². The standard InChI is InChI=1S/C19H19ClN4O2.ClH/c20-16-9-13(25)4-5-14(16)11-3-6-17-15(8-11)18(24-23-17)22-19(26)12-2-1-7-21-10-12;/h3-6,8-9,12,21,25H,1-2,7,10H2,(H2,22,23,24,26);1H. The topological polar surface area (TPSA) is 90.0 Å². The molecule has 0 saturated carbocycles. The van der Waals surface area contributed by atoms with Crippen molar-refractivity contribution in [2.45, 2.75) is 12.8 Å². The van der Waals surface area contributed by atoms with Crippen LogP contribution in [0.4, 0.5) is 5.82 Å². The number of phenolic OH excluding ortho intramolecular Hbond substituents is 1. The number of fused-ring (bicyclic) bond motifs is 1. The molecule has 142 valence electrons. The highest BCUT2D eigenvalue weighted by Gasteiger charge is 2.22. The third-order valence-electron chi connectivity index (χ3n) is 4.74. The van der Waals surface area contributed by atoms with Gasteiger partial charge in [0.05, 0.1) is 16.5 Å². The minimum atomic E-state index is -0.0368. The first kappa shape index (κ1) is 19.5. The molecule has 4 rings (SSSR count). The van der Waals surface area contributed by atoms with Crippen molar-refractivity contribution in [1.82, 2.24) is 15.5 Å². The summed E-state index contributed by atoms with van der Waals surface area (Å²) in [7, 11) is 0. The number of carbonyl (C=O) groups is 1. The van der Waals surface area contributed by atoms with Gasteiger partial charge < -0.3 is 15.7 Å². The maximum Gasteiger partial charge on any atom is 0.229 e. The van der Waals surface area contributed by atoms with Crippen molar-refractivity contribution in [2.24, 2.45) is 5.92 Å². The molecule has 8 heteroatoms. The highest BCUT2D eigenvalue weighted by Crippen LogP contribution is 2.33. The minimum Gasteiger partial charge on any atom is -0.508 e. The minimum absolute atomic E-state index is 0. The molecule has 4 N–H and O–H groups in total. The van der Waals surface area contributed by atoms with Crippen molar-refractivity contribution < 1.29 is 9.90 Å². The molecule has 0 radical (unpaired) electrons. The van der Waals surface area contributed by atoms with Gasteiger partial charge in [-0.25, -0.2) is 0 Å². The molecule has 1 amide bonds. The number of piperidine rings is 1. The third kappa shape index (κ3) is 4.03. The fourth-order valence-corrected chi connectivity index (χ4v) is 3.59. The highest BCUT2D eigenvalue weighted by molar-refractivity contribution is 6.33. The highest BCUT2D eigenvalue weighted by atomic mass is 35.5. The summed E-state index contributed by atoms with van der Waals surface area (Å²) < 4.78 is 0. The van der Waals surface area contributed by atoms with Crippen LogP contribution >= 0.6 is 24.0 Å². The second-order valence-corrected chi connectivity index (χ2v) is 6.94. The second kappa shape index (κ2) is 8.17. The molecule has 0 spiro atoms. The number of hydrogen-bond acceptors (Lipinski definition) is 4. The molecule has 1 atom stereocenters. The number of nitrogens with one attached hydrogen (secondary N) is 3. The smallest absolute Gasteiger partial charge is 0.229 e. The zero-order valence-electron chi connectivity index (χ0n) is 14.5. The van der Waals surface area contributed by atoms with Gasteiger partial charge in [-0.05, 0) is 55.3 Å². The molecule has 1 aliphatic heterocycles. The van der Waals surface area contributed by atoms with Crippen molar-refractivity contribution >= 4 is 46.6 Å². The molecular weight excluding hydrogens is 387 g/mol. The summed E-state index contributed by atoms with van der Waals surface area (Å²) in [4.78, 5) is 12.5. The van der Waals surface area contributed by atoms with E-state index in [0.717, 1.165) is 41.4 Å². The summed E-state index contributed by atoms with van der Waals surface area (Å²) in [6.45, 7) is 1.66. The van der Waals surface area contributed by atoms with E-state index in [9.17, 15) is 9.90 Å². The predicted octanol–water partition coefficient (Wildman–Crippen LogP) is 3.95. The summed E-state index contributed by atoms with van der Waals surface area (Å²) in [6, 6.07) is 10.6. The predicted molar refractivity (Wildman–Crippen MR) is 110 cm³/mol. The first-order valence-electron chi connectivity index (χ1n) is 8.60. The Morgan fingerprint density at radius 3 is 2.85 bits per heavy atom. The van der Waals surface area contributed by atoms with Crippen molar-refractivity contribution in [3.05, 3.63) is 41.4 Å². The Kier molecular flexibility index (Phi) is 5.89. The van der Waals surface area contributed by atoms with Crippen LogP contribution < -0.4 is 10.6 Å². The molecule has 1 fully saturated rings. The maximum absolute atomic E-state index is 12.5. The van der Waals surface area contributed by atoms with Crippen LogP contribution in [0.15, 0.2) is 36.4 Å². The lowest BCUT2D eigenvalue weighted by molar-refractivity contribution is -0.120. The van der Waals surface area contributed by atoms with Crippen LogP contribution in [0.25, 0.3) is 22.0 Å². The number of halogens is 2. The van der Waals surface area contributed by atoms with Crippen molar-refractivity contribution in [1.29, 1.82) is 0 Å². The first-order valence-corrected chi connectivity index (χ1v) is 8.98. The Bertz CT molecular complexity index is 967. The summed E-state index contributed by atoms with van der Waals surface area (Å²) in [6.07, 6.45) is 1.89. The average Bonchev–Trinajstić information content (AvgIpc) is 3.04. The Labute approximate surface area is 167 Å². The number of amides is 1. The number of H-pyrrole nitrogens is 1. The zero-order valence-corrected chi connectivity index (χ0v) is 16.0. The van der Waals surface area contributed by atoms with Gasteiger partial charge in [-0.15, -0.1) is 12.4 Å². The summed E-state index contributed by atoms with van der Waals surface area (Å²) >= 11 is 6.25. The van der Waals surface area contributed by atoms with Gasteiger partial charge in [-0.1, -0.05) is 17.7 Å². The van der Waals surface area contributed by atoms with E-state index in [2.05, 4.69) is 20.8 Å². The van der Waals surface area contributed by atoms with E-state index in [0.29, 0.717) is 17.4 Å².